The Morgan fingerprint density at radius 3 is 2.28 bits per heavy atom. The molecule has 1 aliphatic rings. The average Bonchev–Trinajstić information content (AvgIpc) is 2.32. The molecule has 1 N–H and O–H groups in total. The zero-order valence-corrected chi connectivity index (χ0v) is 11.5. The molecule has 1 saturated carbocycles. The molecule has 0 amide bonds. The van der Waals surface area contributed by atoms with Gasteiger partial charge in [0, 0.05) is 6.04 Å². The van der Waals surface area contributed by atoms with E-state index in [0.29, 0.717) is 4.90 Å². The average molecular weight is 265 g/mol. The van der Waals surface area contributed by atoms with Crippen molar-refractivity contribution in [3.05, 3.63) is 42.0 Å². The van der Waals surface area contributed by atoms with Gasteiger partial charge in [0.1, 0.15) is 0 Å². The predicted molar refractivity (Wildman–Crippen MR) is 72.9 cm³/mol. The number of allylic oxidation sites excluding steroid dienone is 1. The lowest BCUT2D eigenvalue weighted by molar-refractivity contribution is 0.466. The lowest BCUT2D eigenvalue weighted by atomic mass is 9.93. The molecule has 2 rings (SSSR count). The van der Waals surface area contributed by atoms with Crippen molar-refractivity contribution in [3.8, 4) is 0 Å². The Morgan fingerprint density at radius 2 is 1.72 bits per heavy atom. The van der Waals surface area contributed by atoms with Crippen molar-refractivity contribution in [1.29, 1.82) is 0 Å². The molecule has 1 aliphatic carbocycles. The second-order valence-corrected chi connectivity index (χ2v) is 6.67. The van der Waals surface area contributed by atoms with E-state index in [9.17, 15) is 8.42 Å². The summed E-state index contributed by atoms with van der Waals surface area (Å²) in [5, 5.41) is 0. The van der Waals surface area contributed by atoms with Gasteiger partial charge in [0.05, 0.1) is 4.90 Å². The summed E-state index contributed by atoms with van der Waals surface area (Å²) < 4.78 is 27.1. The van der Waals surface area contributed by atoms with Gasteiger partial charge in [-0.1, -0.05) is 29.8 Å². The fraction of sp³-hybridized carbons (Fsp3) is 0.429. The van der Waals surface area contributed by atoms with Crippen LogP contribution in [-0.2, 0) is 10.0 Å². The fourth-order valence-electron chi connectivity index (χ4n) is 2.15. The van der Waals surface area contributed by atoms with Crippen molar-refractivity contribution >= 4 is 10.0 Å². The highest BCUT2D eigenvalue weighted by Gasteiger charge is 2.22. The topological polar surface area (TPSA) is 46.2 Å². The molecular weight excluding hydrogens is 246 g/mol. The van der Waals surface area contributed by atoms with Crippen LogP contribution >= 0.6 is 0 Å². The first-order chi connectivity index (χ1) is 8.47. The maximum atomic E-state index is 12.2. The molecule has 0 heterocycles. The number of aryl methyl sites for hydroxylation is 1. The molecule has 3 nitrogen and oxygen atoms in total. The standard InChI is InChI=1S/C14H19NO2S/c1-11-3-7-13(8-4-11)15-18(16,17)14-9-5-12(2)6-10-14/h5-6,9-10,13,15H,1,3-4,7-8H2,2H3. The van der Waals surface area contributed by atoms with Crippen LogP contribution in [0, 0.1) is 6.92 Å². The van der Waals surface area contributed by atoms with Crippen LogP contribution in [0.2, 0.25) is 0 Å². The van der Waals surface area contributed by atoms with E-state index >= 15 is 0 Å². The van der Waals surface area contributed by atoms with Crippen LogP contribution in [0.15, 0.2) is 41.3 Å². The van der Waals surface area contributed by atoms with Crippen molar-refractivity contribution in [2.24, 2.45) is 0 Å². The first kappa shape index (κ1) is 13.3. The van der Waals surface area contributed by atoms with Crippen LogP contribution < -0.4 is 4.72 Å². The van der Waals surface area contributed by atoms with Crippen LogP contribution in [0.4, 0.5) is 0 Å². The third kappa shape index (κ3) is 3.21. The minimum Gasteiger partial charge on any atom is -0.208 e. The quantitative estimate of drug-likeness (QED) is 0.854. The number of sulfonamides is 1. The second kappa shape index (κ2) is 5.24. The highest BCUT2D eigenvalue weighted by atomic mass is 32.2. The van der Waals surface area contributed by atoms with E-state index in [4.69, 9.17) is 0 Å². The summed E-state index contributed by atoms with van der Waals surface area (Å²) in [5.41, 5.74) is 2.28. The van der Waals surface area contributed by atoms with Gasteiger partial charge in [-0.2, -0.15) is 0 Å². The SMILES string of the molecule is C=C1CCC(NS(=O)(=O)c2ccc(C)cc2)CC1. The maximum absolute atomic E-state index is 12.2. The molecule has 0 unspecified atom stereocenters. The summed E-state index contributed by atoms with van der Waals surface area (Å²) in [4.78, 5) is 0.345. The Kier molecular flexibility index (Phi) is 3.88. The highest BCUT2D eigenvalue weighted by molar-refractivity contribution is 7.89. The first-order valence-corrected chi connectivity index (χ1v) is 7.71. The number of hydrogen-bond acceptors (Lipinski definition) is 2. The molecule has 98 valence electrons. The van der Waals surface area contributed by atoms with Crippen molar-refractivity contribution in [2.45, 2.75) is 43.5 Å². The molecule has 0 aromatic heterocycles. The number of benzene rings is 1. The monoisotopic (exact) mass is 265 g/mol. The third-order valence-corrected chi connectivity index (χ3v) is 4.88. The zero-order chi connectivity index (χ0) is 13.2. The molecule has 18 heavy (non-hydrogen) atoms. The van der Waals surface area contributed by atoms with Crippen molar-refractivity contribution < 1.29 is 8.42 Å². The number of rotatable bonds is 3. The van der Waals surface area contributed by atoms with Crippen LogP contribution in [0.1, 0.15) is 31.2 Å². The molecule has 0 bridgehead atoms. The van der Waals surface area contributed by atoms with Gasteiger partial charge in [0.15, 0.2) is 0 Å². The van der Waals surface area contributed by atoms with Crippen molar-refractivity contribution in [2.75, 3.05) is 0 Å². The van der Waals surface area contributed by atoms with Gasteiger partial charge in [-0.15, -0.1) is 0 Å². The van der Waals surface area contributed by atoms with Gasteiger partial charge in [-0.05, 0) is 44.7 Å². The minimum absolute atomic E-state index is 0.0433. The fourth-order valence-corrected chi connectivity index (χ4v) is 3.45. The summed E-state index contributed by atoms with van der Waals surface area (Å²) in [5.74, 6) is 0. The molecule has 0 saturated heterocycles. The van der Waals surface area contributed by atoms with E-state index in [1.807, 2.05) is 19.1 Å². The summed E-state index contributed by atoms with van der Waals surface area (Å²) in [7, 11) is -3.37. The highest BCUT2D eigenvalue weighted by Crippen LogP contribution is 2.23. The molecule has 0 radical (unpaired) electrons. The third-order valence-electron chi connectivity index (χ3n) is 3.35. The second-order valence-electron chi connectivity index (χ2n) is 4.96. The molecule has 1 aromatic rings. The molecule has 1 aromatic carbocycles. The lowest BCUT2D eigenvalue weighted by Gasteiger charge is -2.24. The van der Waals surface area contributed by atoms with Gasteiger partial charge in [-0.3, -0.25) is 0 Å². The van der Waals surface area contributed by atoms with E-state index in [1.165, 1.54) is 5.57 Å². The molecule has 4 heteroatoms. The number of hydrogen-bond donors (Lipinski definition) is 1. The Labute approximate surface area is 109 Å². The van der Waals surface area contributed by atoms with Crippen LogP contribution in [0.5, 0.6) is 0 Å². The largest absolute Gasteiger partial charge is 0.240 e. The van der Waals surface area contributed by atoms with E-state index in [1.54, 1.807) is 12.1 Å². The van der Waals surface area contributed by atoms with Crippen LogP contribution in [0.25, 0.3) is 0 Å². The molecule has 0 atom stereocenters. The maximum Gasteiger partial charge on any atom is 0.240 e. The molecule has 0 spiro atoms. The lowest BCUT2D eigenvalue weighted by Crippen LogP contribution is -2.36. The molecular formula is C14H19NO2S. The predicted octanol–water partition coefficient (Wildman–Crippen LogP) is 2.77. The van der Waals surface area contributed by atoms with Gasteiger partial charge in [0.25, 0.3) is 0 Å². The molecule has 0 aliphatic heterocycles. The Morgan fingerprint density at radius 1 is 1.17 bits per heavy atom. The van der Waals surface area contributed by atoms with Gasteiger partial charge < -0.3 is 0 Å². The Hall–Kier alpha value is -1.13. The minimum atomic E-state index is -3.37. The molecule has 1 fully saturated rings. The smallest absolute Gasteiger partial charge is 0.208 e. The Balaban J connectivity index is 2.07. The van der Waals surface area contributed by atoms with E-state index in [0.717, 1.165) is 31.2 Å². The normalized spacial score (nSPS) is 17.9. The summed E-state index contributed by atoms with van der Waals surface area (Å²) >= 11 is 0. The van der Waals surface area contributed by atoms with Gasteiger partial charge in [-0.25, -0.2) is 13.1 Å². The van der Waals surface area contributed by atoms with E-state index in [-0.39, 0.29) is 6.04 Å². The van der Waals surface area contributed by atoms with Crippen LogP contribution in [-0.4, -0.2) is 14.5 Å². The van der Waals surface area contributed by atoms with Gasteiger partial charge in [0.2, 0.25) is 10.0 Å². The summed E-state index contributed by atoms with van der Waals surface area (Å²) in [6.07, 6.45) is 3.54. The van der Waals surface area contributed by atoms with E-state index in [2.05, 4.69) is 11.3 Å². The van der Waals surface area contributed by atoms with Crippen LogP contribution in [0.3, 0.4) is 0 Å². The van der Waals surface area contributed by atoms with E-state index < -0.39 is 10.0 Å². The van der Waals surface area contributed by atoms with Crippen molar-refractivity contribution in [1.82, 2.24) is 4.72 Å². The van der Waals surface area contributed by atoms with Crippen molar-refractivity contribution in [3.63, 3.8) is 0 Å². The summed E-state index contributed by atoms with van der Waals surface area (Å²) in [6, 6.07) is 6.98. The Bertz CT molecular complexity index is 521. The zero-order valence-electron chi connectivity index (χ0n) is 10.6. The first-order valence-electron chi connectivity index (χ1n) is 6.23. The van der Waals surface area contributed by atoms with Gasteiger partial charge >= 0.3 is 0 Å². The summed E-state index contributed by atoms with van der Waals surface area (Å²) in [6.45, 7) is 5.88. The number of nitrogens with one attached hydrogen (secondary N) is 1.